The van der Waals surface area contributed by atoms with Crippen molar-refractivity contribution in [2.45, 2.75) is 20.1 Å². The average molecular weight is 262 g/mol. The third-order valence-corrected chi connectivity index (χ3v) is 3.55. The Labute approximate surface area is 101 Å². The molecule has 98 valence electrons. The summed E-state index contributed by atoms with van der Waals surface area (Å²) in [5, 5.41) is 11.7. The van der Waals surface area contributed by atoms with E-state index in [9.17, 15) is 8.42 Å². The van der Waals surface area contributed by atoms with Crippen LogP contribution in [0, 0.1) is 0 Å². The van der Waals surface area contributed by atoms with Crippen LogP contribution in [0.2, 0.25) is 0 Å². The lowest BCUT2D eigenvalue weighted by atomic mass is 10.4. The molecule has 0 saturated carbocycles. The third kappa shape index (κ3) is 5.31. The fraction of sp³-hybridized carbons (Fsp3) is 0.600. The van der Waals surface area contributed by atoms with Crippen LogP contribution < -0.4 is 10.0 Å². The van der Waals surface area contributed by atoms with Crippen LogP contribution in [0.15, 0.2) is 16.5 Å². The molecule has 1 aromatic rings. The zero-order chi connectivity index (χ0) is 12.7. The van der Waals surface area contributed by atoms with Gasteiger partial charge in [-0.25, -0.2) is 13.1 Å². The average Bonchev–Trinajstić information content (AvgIpc) is 2.72. The van der Waals surface area contributed by atoms with Gasteiger partial charge in [0, 0.05) is 13.1 Å². The molecule has 6 nitrogen and oxygen atoms in total. The van der Waals surface area contributed by atoms with Gasteiger partial charge in [-0.05, 0) is 12.1 Å². The smallest absolute Gasteiger partial charge is 0.212 e. The van der Waals surface area contributed by atoms with Crippen LogP contribution in [0.4, 0.5) is 0 Å². The Hall–Kier alpha value is -0.890. The van der Waals surface area contributed by atoms with Crippen LogP contribution in [0.25, 0.3) is 0 Å². The third-order valence-electron chi connectivity index (χ3n) is 2.08. The molecule has 0 saturated heterocycles. The van der Waals surface area contributed by atoms with Crippen molar-refractivity contribution in [3.8, 4) is 0 Å². The van der Waals surface area contributed by atoms with Gasteiger partial charge in [-0.3, -0.25) is 0 Å². The minimum absolute atomic E-state index is 0.0361. The summed E-state index contributed by atoms with van der Waals surface area (Å²) in [6.07, 6.45) is 0. The molecule has 0 aliphatic rings. The highest BCUT2D eigenvalue weighted by Gasteiger charge is 2.07. The SMILES string of the molecule is CCNS(=O)(=O)CCNCc1ccc(CO)o1. The second-order valence-electron chi connectivity index (χ2n) is 3.52. The molecule has 3 N–H and O–H groups in total. The lowest BCUT2D eigenvalue weighted by molar-refractivity contribution is 0.243. The van der Waals surface area contributed by atoms with Gasteiger partial charge in [0.15, 0.2) is 0 Å². The maximum atomic E-state index is 11.3. The number of nitrogens with one attached hydrogen (secondary N) is 2. The zero-order valence-corrected chi connectivity index (χ0v) is 10.6. The fourth-order valence-electron chi connectivity index (χ4n) is 1.31. The summed E-state index contributed by atoms with van der Waals surface area (Å²) in [6.45, 7) is 2.81. The number of furan rings is 1. The van der Waals surface area contributed by atoms with Gasteiger partial charge >= 0.3 is 0 Å². The van der Waals surface area contributed by atoms with Crippen molar-refractivity contribution >= 4 is 10.0 Å². The lowest BCUT2D eigenvalue weighted by Crippen LogP contribution is -2.31. The summed E-state index contributed by atoms with van der Waals surface area (Å²) < 4.78 is 30.2. The number of aliphatic hydroxyl groups excluding tert-OH is 1. The van der Waals surface area contributed by atoms with Crippen molar-refractivity contribution < 1.29 is 17.9 Å². The zero-order valence-electron chi connectivity index (χ0n) is 9.77. The largest absolute Gasteiger partial charge is 0.462 e. The minimum atomic E-state index is -3.17. The summed E-state index contributed by atoms with van der Waals surface area (Å²) in [5.74, 6) is 1.21. The first-order valence-electron chi connectivity index (χ1n) is 5.44. The Morgan fingerprint density at radius 3 is 2.65 bits per heavy atom. The number of hydrogen-bond donors (Lipinski definition) is 3. The van der Waals surface area contributed by atoms with E-state index in [0.717, 1.165) is 0 Å². The second kappa shape index (κ2) is 6.75. The van der Waals surface area contributed by atoms with Gasteiger partial charge in [-0.2, -0.15) is 0 Å². The lowest BCUT2D eigenvalue weighted by Gasteiger charge is -2.05. The normalized spacial score (nSPS) is 11.9. The van der Waals surface area contributed by atoms with Gasteiger partial charge < -0.3 is 14.8 Å². The summed E-state index contributed by atoms with van der Waals surface area (Å²) in [6, 6.07) is 3.43. The monoisotopic (exact) mass is 262 g/mol. The second-order valence-corrected chi connectivity index (χ2v) is 5.45. The van der Waals surface area contributed by atoms with Crippen LogP contribution >= 0.6 is 0 Å². The molecule has 0 radical (unpaired) electrons. The maximum absolute atomic E-state index is 11.3. The molecule has 17 heavy (non-hydrogen) atoms. The van der Waals surface area contributed by atoms with Gasteiger partial charge in [-0.15, -0.1) is 0 Å². The van der Waals surface area contributed by atoms with Crippen LogP contribution in [0.1, 0.15) is 18.4 Å². The topological polar surface area (TPSA) is 91.6 Å². The summed E-state index contributed by atoms with van der Waals surface area (Å²) >= 11 is 0. The molecular formula is C10H18N2O4S. The predicted molar refractivity (Wildman–Crippen MR) is 63.8 cm³/mol. The van der Waals surface area contributed by atoms with E-state index in [4.69, 9.17) is 9.52 Å². The molecule has 0 spiro atoms. The number of hydrogen-bond acceptors (Lipinski definition) is 5. The highest BCUT2D eigenvalue weighted by Crippen LogP contribution is 2.06. The van der Waals surface area contributed by atoms with Crippen LogP contribution in [0.5, 0.6) is 0 Å². The van der Waals surface area contributed by atoms with Crippen molar-refractivity contribution in [2.24, 2.45) is 0 Å². The van der Waals surface area contributed by atoms with E-state index in [1.807, 2.05) is 0 Å². The standard InChI is InChI=1S/C10H18N2O4S/c1-2-12-17(14,15)6-5-11-7-9-3-4-10(8-13)16-9/h3-4,11-13H,2,5-8H2,1H3. The van der Waals surface area contributed by atoms with Crippen LogP contribution in [-0.4, -0.2) is 32.4 Å². The van der Waals surface area contributed by atoms with E-state index >= 15 is 0 Å². The molecular weight excluding hydrogens is 244 g/mol. The Morgan fingerprint density at radius 1 is 1.35 bits per heavy atom. The van der Waals surface area contributed by atoms with Gasteiger partial charge in [-0.1, -0.05) is 6.92 Å². The molecule has 0 aromatic carbocycles. The van der Waals surface area contributed by atoms with Gasteiger partial charge in [0.2, 0.25) is 10.0 Å². The summed E-state index contributed by atoms with van der Waals surface area (Å²) in [4.78, 5) is 0. The molecule has 0 unspecified atom stereocenters. The first-order chi connectivity index (χ1) is 8.07. The Morgan fingerprint density at radius 2 is 2.06 bits per heavy atom. The van der Waals surface area contributed by atoms with Crippen molar-refractivity contribution in [3.05, 3.63) is 23.7 Å². The number of aliphatic hydroxyl groups is 1. The van der Waals surface area contributed by atoms with Crippen molar-refractivity contribution in [2.75, 3.05) is 18.8 Å². The fourth-order valence-corrected chi connectivity index (χ4v) is 2.31. The molecule has 0 amide bonds. The summed E-state index contributed by atoms with van der Waals surface area (Å²) in [7, 11) is -3.17. The minimum Gasteiger partial charge on any atom is -0.462 e. The Bertz CT molecular complexity index is 427. The van der Waals surface area contributed by atoms with E-state index in [0.29, 0.717) is 31.2 Å². The first kappa shape index (κ1) is 14.2. The number of rotatable bonds is 8. The van der Waals surface area contributed by atoms with Gasteiger partial charge in [0.1, 0.15) is 18.1 Å². The van der Waals surface area contributed by atoms with E-state index in [2.05, 4.69) is 10.0 Å². The Kier molecular flexibility index (Phi) is 5.63. The molecule has 0 aliphatic carbocycles. The molecule has 0 atom stereocenters. The van der Waals surface area contributed by atoms with Crippen molar-refractivity contribution in [1.82, 2.24) is 10.0 Å². The molecule has 1 aromatic heterocycles. The highest BCUT2D eigenvalue weighted by atomic mass is 32.2. The van der Waals surface area contributed by atoms with Crippen molar-refractivity contribution in [1.29, 1.82) is 0 Å². The maximum Gasteiger partial charge on any atom is 0.212 e. The molecule has 0 fully saturated rings. The molecule has 7 heteroatoms. The van der Waals surface area contributed by atoms with E-state index in [-0.39, 0.29) is 12.4 Å². The highest BCUT2D eigenvalue weighted by molar-refractivity contribution is 7.89. The molecule has 0 aliphatic heterocycles. The van der Waals surface area contributed by atoms with Crippen molar-refractivity contribution in [3.63, 3.8) is 0 Å². The van der Waals surface area contributed by atoms with Gasteiger partial charge in [0.05, 0.1) is 12.3 Å². The predicted octanol–water partition coefficient (Wildman–Crippen LogP) is -0.199. The summed E-state index contributed by atoms with van der Waals surface area (Å²) in [5.41, 5.74) is 0. The number of sulfonamides is 1. The van der Waals surface area contributed by atoms with E-state index < -0.39 is 10.0 Å². The van der Waals surface area contributed by atoms with Crippen LogP contribution in [-0.2, 0) is 23.2 Å². The molecule has 1 heterocycles. The van der Waals surface area contributed by atoms with E-state index in [1.165, 1.54) is 0 Å². The van der Waals surface area contributed by atoms with E-state index in [1.54, 1.807) is 19.1 Å². The van der Waals surface area contributed by atoms with Gasteiger partial charge in [0.25, 0.3) is 0 Å². The Balaban J connectivity index is 2.24. The van der Waals surface area contributed by atoms with Crippen LogP contribution in [0.3, 0.4) is 0 Å². The first-order valence-corrected chi connectivity index (χ1v) is 7.09. The quantitative estimate of drug-likeness (QED) is 0.564. The molecule has 0 bridgehead atoms. The molecule has 1 rings (SSSR count).